The molecule has 0 atom stereocenters. The van der Waals surface area contributed by atoms with E-state index in [1.54, 1.807) is 4.90 Å². The molecule has 0 unspecified atom stereocenters. The molecule has 0 spiro atoms. The van der Waals surface area contributed by atoms with Gasteiger partial charge in [0, 0.05) is 18.1 Å². The molecule has 1 aromatic carbocycles. The molecular formula is C17H23ClFNO2. The maximum atomic E-state index is 14.1. The molecular weight excluding hydrogens is 305 g/mol. The molecule has 1 fully saturated rings. The number of aryl methyl sites for hydroxylation is 1. The molecule has 0 N–H and O–H groups in total. The fraction of sp³-hybridized carbons (Fsp3) is 0.588. The Balaban J connectivity index is 2.01. The van der Waals surface area contributed by atoms with Crippen LogP contribution in [-0.2, 0) is 4.74 Å². The van der Waals surface area contributed by atoms with Gasteiger partial charge in [-0.15, -0.1) is 0 Å². The Hall–Kier alpha value is -1.29. The van der Waals surface area contributed by atoms with Crippen LogP contribution in [0.2, 0.25) is 5.02 Å². The number of amides is 1. The van der Waals surface area contributed by atoms with E-state index >= 15 is 0 Å². The third-order valence-corrected chi connectivity index (χ3v) is 4.27. The van der Waals surface area contributed by atoms with Crippen LogP contribution in [0.4, 0.5) is 9.18 Å². The standard InChI is InChI=1S/C17H23ClFNO2/c1-11-9-13(15(19)10-14(11)18)12-5-7-20(8-6-12)16(21)22-17(2,3)4/h9-10,12H,5-8H2,1-4H3. The minimum Gasteiger partial charge on any atom is -0.444 e. The molecule has 3 nitrogen and oxygen atoms in total. The highest BCUT2D eigenvalue weighted by Crippen LogP contribution is 2.33. The van der Waals surface area contributed by atoms with E-state index in [4.69, 9.17) is 16.3 Å². The van der Waals surface area contributed by atoms with Crippen molar-refractivity contribution in [3.05, 3.63) is 34.1 Å². The molecule has 22 heavy (non-hydrogen) atoms. The summed E-state index contributed by atoms with van der Waals surface area (Å²) < 4.78 is 19.5. The van der Waals surface area contributed by atoms with Gasteiger partial charge >= 0.3 is 6.09 Å². The van der Waals surface area contributed by atoms with Gasteiger partial charge in [-0.2, -0.15) is 0 Å². The largest absolute Gasteiger partial charge is 0.444 e. The Labute approximate surface area is 136 Å². The number of piperidine rings is 1. The molecule has 0 radical (unpaired) electrons. The second-order valence-corrected chi connectivity index (χ2v) is 7.27. The van der Waals surface area contributed by atoms with Crippen LogP contribution in [0.25, 0.3) is 0 Å². The van der Waals surface area contributed by atoms with Gasteiger partial charge in [0.2, 0.25) is 0 Å². The first-order valence-electron chi connectivity index (χ1n) is 7.61. The van der Waals surface area contributed by atoms with Gasteiger partial charge in [-0.05, 0) is 63.6 Å². The highest BCUT2D eigenvalue weighted by molar-refractivity contribution is 6.31. The quantitative estimate of drug-likeness (QED) is 0.734. The van der Waals surface area contributed by atoms with Crippen molar-refractivity contribution < 1.29 is 13.9 Å². The van der Waals surface area contributed by atoms with E-state index in [9.17, 15) is 9.18 Å². The Morgan fingerprint density at radius 1 is 1.32 bits per heavy atom. The highest BCUT2D eigenvalue weighted by Gasteiger charge is 2.28. The summed E-state index contributed by atoms with van der Waals surface area (Å²) in [5.41, 5.74) is 1.09. The summed E-state index contributed by atoms with van der Waals surface area (Å²) in [4.78, 5) is 13.7. The Bertz CT molecular complexity index is 561. The number of nitrogens with zero attached hydrogens (tertiary/aromatic N) is 1. The topological polar surface area (TPSA) is 29.5 Å². The average molecular weight is 328 g/mol. The molecule has 5 heteroatoms. The minimum absolute atomic E-state index is 0.120. The molecule has 122 valence electrons. The first-order chi connectivity index (χ1) is 10.2. The Morgan fingerprint density at radius 2 is 1.91 bits per heavy atom. The van der Waals surface area contributed by atoms with Crippen LogP contribution in [0.3, 0.4) is 0 Å². The molecule has 1 aliphatic rings. The second-order valence-electron chi connectivity index (χ2n) is 6.86. The van der Waals surface area contributed by atoms with Crippen molar-refractivity contribution in [3.63, 3.8) is 0 Å². The zero-order valence-corrected chi connectivity index (χ0v) is 14.3. The number of carbonyl (C=O) groups excluding carboxylic acids is 1. The molecule has 0 bridgehead atoms. The minimum atomic E-state index is -0.493. The number of hydrogen-bond donors (Lipinski definition) is 0. The lowest BCUT2D eigenvalue weighted by Gasteiger charge is -2.33. The van der Waals surface area contributed by atoms with E-state index < -0.39 is 5.60 Å². The van der Waals surface area contributed by atoms with Crippen LogP contribution in [0.1, 0.15) is 50.7 Å². The number of ether oxygens (including phenoxy) is 1. The predicted molar refractivity (Wildman–Crippen MR) is 85.9 cm³/mol. The zero-order valence-electron chi connectivity index (χ0n) is 13.6. The smallest absolute Gasteiger partial charge is 0.410 e. The van der Waals surface area contributed by atoms with E-state index in [-0.39, 0.29) is 17.8 Å². The third-order valence-electron chi connectivity index (χ3n) is 3.86. The van der Waals surface area contributed by atoms with Crippen molar-refractivity contribution in [3.8, 4) is 0 Å². The fourth-order valence-corrected chi connectivity index (χ4v) is 2.84. The van der Waals surface area contributed by atoms with E-state index in [0.717, 1.165) is 18.4 Å². The van der Waals surface area contributed by atoms with E-state index in [0.29, 0.717) is 23.7 Å². The van der Waals surface area contributed by atoms with E-state index in [1.807, 2.05) is 33.8 Å². The van der Waals surface area contributed by atoms with Crippen LogP contribution in [-0.4, -0.2) is 29.7 Å². The summed E-state index contributed by atoms with van der Waals surface area (Å²) in [5, 5.41) is 0.451. The van der Waals surface area contributed by atoms with Crippen LogP contribution in [0, 0.1) is 12.7 Å². The van der Waals surface area contributed by atoms with Crippen molar-refractivity contribution in [1.82, 2.24) is 4.90 Å². The molecule has 1 aromatic rings. The normalized spacial score (nSPS) is 16.7. The molecule has 1 heterocycles. The predicted octanol–water partition coefficient (Wildman–Crippen LogP) is 4.90. The van der Waals surface area contributed by atoms with Gasteiger partial charge in [0.1, 0.15) is 11.4 Å². The first kappa shape index (κ1) is 17.1. The van der Waals surface area contributed by atoms with Gasteiger partial charge in [0.05, 0.1) is 0 Å². The number of rotatable bonds is 1. The summed E-state index contributed by atoms with van der Waals surface area (Å²) >= 11 is 5.94. The summed E-state index contributed by atoms with van der Waals surface area (Å²) in [6.45, 7) is 8.60. The maximum Gasteiger partial charge on any atom is 0.410 e. The SMILES string of the molecule is Cc1cc(C2CCN(C(=O)OC(C)(C)C)CC2)c(F)cc1Cl. The highest BCUT2D eigenvalue weighted by atomic mass is 35.5. The van der Waals surface area contributed by atoms with Gasteiger partial charge in [-0.3, -0.25) is 0 Å². The van der Waals surface area contributed by atoms with Crippen molar-refractivity contribution in [2.45, 2.75) is 52.1 Å². The van der Waals surface area contributed by atoms with E-state index in [2.05, 4.69) is 0 Å². The molecule has 1 saturated heterocycles. The molecule has 0 saturated carbocycles. The summed E-state index contributed by atoms with van der Waals surface area (Å²) in [7, 11) is 0. The number of likely N-dealkylation sites (tertiary alicyclic amines) is 1. The van der Waals surface area contributed by atoms with Gasteiger partial charge < -0.3 is 9.64 Å². The maximum absolute atomic E-state index is 14.1. The number of benzene rings is 1. The molecule has 0 aromatic heterocycles. The van der Waals surface area contributed by atoms with E-state index in [1.165, 1.54) is 6.07 Å². The lowest BCUT2D eigenvalue weighted by molar-refractivity contribution is 0.0204. The summed E-state index contributed by atoms with van der Waals surface area (Å²) in [5.74, 6) is -0.138. The third kappa shape index (κ3) is 4.13. The number of hydrogen-bond acceptors (Lipinski definition) is 2. The molecule has 1 aliphatic heterocycles. The lowest BCUT2D eigenvalue weighted by Crippen LogP contribution is -2.41. The van der Waals surface area contributed by atoms with Crippen molar-refractivity contribution >= 4 is 17.7 Å². The Morgan fingerprint density at radius 3 is 2.45 bits per heavy atom. The summed E-state index contributed by atoms with van der Waals surface area (Å²) in [6.07, 6.45) is 1.17. The van der Waals surface area contributed by atoms with Crippen LogP contribution in [0.5, 0.6) is 0 Å². The molecule has 2 rings (SSSR count). The molecule has 1 amide bonds. The number of carbonyl (C=O) groups is 1. The zero-order chi connectivity index (χ0) is 16.5. The fourth-order valence-electron chi connectivity index (χ4n) is 2.69. The van der Waals surface area contributed by atoms with Crippen LogP contribution in [0.15, 0.2) is 12.1 Å². The van der Waals surface area contributed by atoms with Gasteiger partial charge in [0.25, 0.3) is 0 Å². The van der Waals surface area contributed by atoms with Gasteiger partial charge in [-0.1, -0.05) is 17.7 Å². The first-order valence-corrected chi connectivity index (χ1v) is 7.98. The number of halogens is 2. The van der Waals surface area contributed by atoms with Crippen molar-refractivity contribution in [2.75, 3.05) is 13.1 Å². The van der Waals surface area contributed by atoms with Gasteiger partial charge in [-0.25, -0.2) is 9.18 Å². The van der Waals surface area contributed by atoms with Gasteiger partial charge in [0.15, 0.2) is 0 Å². The Kier molecular flexibility index (Phi) is 5.00. The lowest BCUT2D eigenvalue weighted by atomic mass is 9.88. The van der Waals surface area contributed by atoms with Crippen LogP contribution >= 0.6 is 11.6 Å². The average Bonchev–Trinajstić information content (AvgIpc) is 2.41. The van der Waals surface area contributed by atoms with Crippen molar-refractivity contribution in [1.29, 1.82) is 0 Å². The molecule has 0 aliphatic carbocycles. The van der Waals surface area contributed by atoms with Crippen LogP contribution < -0.4 is 0 Å². The van der Waals surface area contributed by atoms with Crippen molar-refractivity contribution in [2.24, 2.45) is 0 Å². The monoisotopic (exact) mass is 327 g/mol. The summed E-state index contributed by atoms with van der Waals surface area (Å²) in [6, 6.07) is 3.21. The second kappa shape index (κ2) is 6.45.